The third kappa shape index (κ3) is 2.56. The molecule has 1 fully saturated rings. The van der Waals surface area contributed by atoms with Gasteiger partial charge in [0.15, 0.2) is 0 Å². The zero-order chi connectivity index (χ0) is 12.5. The van der Waals surface area contributed by atoms with Crippen molar-refractivity contribution in [2.24, 2.45) is 5.41 Å². The molecule has 1 heterocycles. The molecule has 0 atom stereocenters. The third-order valence-electron chi connectivity index (χ3n) is 4.45. The number of aryl methyl sites for hydroxylation is 1. The molecule has 2 N–H and O–H groups in total. The smallest absolute Gasteiger partial charge is 0.0387 e. The number of rotatable bonds is 2. The number of benzene rings is 1. The maximum absolute atomic E-state index is 5.98. The summed E-state index contributed by atoms with van der Waals surface area (Å²) in [5.74, 6) is 0. The van der Waals surface area contributed by atoms with Crippen molar-refractivity contribution in [3.8, 4) is 0 Å². The molecular formula is C15H24N2. The molecule has 0 unspecified atom stereocenters. The Bertz CT molecular complexity index is 390. The molecule has 0 saturated carbocycles. The van der Waals surface area contributed by atoms with Gasteiger partial charge < -0.3 is 10.6 Å². The van der Waals surface area contributed by atoms with Gasteiger partial charge in [0.25, 0.3) is 0 Å². The van der Waals surface area contributed by atoms with E-state index in [-0.39, 0.29) is 0 Å². The first-order valence-electron chi connectivity index (χ1n) is 6.65. The molecule has 0 aromatic heterocycles. The SMILES string of the molecule is CCC1(C)CCN(c2ccc(C)c(N)c2)CC1. The summed E-state index contributed by atoms with van der Waals surface area (Å²) in [6.45, 7) is 9.09. The minimum Gasteiger partial charge on any atom is -0.398 e. The lowest BCUT2D eigenvalue weighted by molar-refractivity contribution is 0.238. The molecule has 1 aromatic rings. The second-order valence-electron chi connectivity index (χ2n) is 5.69. The average molecular weight is 232 g/mol. The van der Waals surface area contributed by atoms with Crippen LogP contribution in [0.5, 0.6) is 0 Å². The Balaban J connectivity index is 2.08. The highest BCUT2D eigenvalue weighted by Crippen LogP contribution is 2.36. The van der Waals surface area contributed by atoms with Gasteiger partial charge in [-0.3, -0.25) is 0 Å². The summed E-state index contributed by atoms with van der Waals surface area (Å²) in [5.41, 5.74) is 9.89. The van der Waals surface area contributed by atoms with Gasteiger partial charge in [-0.15, -0.1) is 0 Å². The monoisotopic (exact) mass is 232 g/mol. The van der Waals surface area contributed by atoms with Crippen molar-refractivity contribution < 1.29 is 0 Å². The Kier molecular flexibility index (Phi) is 3.32. The van der Waals surface area contributed by atoms with E-state index in [1.54, 1.807) is 0 Å². The highest BCUT2D eigenvalue weighted by Gasteiger charge is 2.28. The predicted octanol–water partition coefficient (Wildman–Crippen LogP) is 3.59. The van der Waals surface area contributed by atoms with E-state index in [0.29, 0.717) is 5.41 Å². The molecule has 0 radical (unpaired) electrons. The largest absolute Gasteiger partial charge is 0.398 e. The first kappa shape index (κ1) is 12.3. The van der Waals surface area contributed by atoms with Crippen molar-refractivity contribution in [3.05, 3.63) is 23.8 Å². The van der Waals surface area contributed by atoms with E-state index in [1.807, 2.05) is 0 Å². The van der Waals surface area contributed by atoms with Gasteiger partial charge in [-0.05, 0) is 42.9 Å². The van der Waals surface area contributed by atoms with Crippen LogP contribution in [0.25, 0.3) is 0 Å². The Morgan fingerprint density at radius 2 is 1.94 bits per heavy atom. The Labute approximate surface area is 105 Å². The maximum atomic E-state index is 5.98. The van der Waals surface area contributed by atoms with Crippen LogP contribution in [0.2, 0.25) is 0 Å². The number of hydrogen-bond acceptors (Lipinski definition) is 2. The number of nitrogen functional groups attached to an aromatic ring is 1. The number of nitrogens with two attached hydrogens (primary N) is 1. The van der Waals surface area contributed by atoms with E-state index in [0.717, 1.165) is 18.8 Å². The molecule has 0 aliphatic carbocycles. The van der Waals surface area contributed by atoms with Gasteiger partial charge in [-0.1, -0.05) is 26.3 Å². The van der Waals surface area contributed by atoms with Crippen LogP contribution in [-0.4, -0.2) is 13.1 Å². The zero-order valence-electron chi connectivity index (χ0n) is 11.3. The van der Waals surface area contributed by atoms with Crippen molar-refractivity contribution >= 4 is 11.4 Å². The van der Waals surface area contributed by atoms with Crippen LogP contribution in [-0.2, 0) is 0 Å². The van der Waals surface area contributed by atoms with Crippen LogP contribution in [0, 0.1) is 12.3 Å². The highest BCUT2D eigenvalue weighted by molar-refractivity contribution is 5.59. The van der Waals surface area contributed by atoms with Crippen molar-refractivity contribution in [1.82, 2.24) is 0 Å². The second-order valence-corrected chi connectivity index (χ2v) is 5.69. The molecule has 1 aliphatic heterocycles. The van der Waals surface area contributed by atoms with Crippen molar-refractivity contribution in [2.75, 3.05) is 23.7 Å². The summed E-state index contributed by atoms with van der Waals surface area (Å²) in [5, 5.41) is 0. The van der Waals surface area contributed by atoms with Crippen LogP contribution in [0.15, 0.2) is 18.2 Å². The van der Waals surface area contributed by atoms with Gasteiger partial charge in [-0.25, -0.2) is 0 Å². The summed E-state index contributed by atoms with van der Waals surface area (Å²) in [7, 11) is 0. The van der Waals surface area contributed by atoms with Gasteiger partial charge in [-0.2, -0.15) is 0 Å². The average Bonchev–Trinajstić information content (AvgIpc) is 2.34. The third-order valence-corrected chi connectivity index (χ3v) is 4.45. The summed E-state index contributed by atoms with van der Waals surface area (Å²) in [6.07, 6.45) is 3.87. The fraction of sp³-hybridized carbons (Fsp3) is 0.600. The number of anilines is 2. The van der Waals surface area contributed by atoms with Crippen LogP contribution in [0.4, 0.5) is 11.4 Å². The Morgan fingerprint density at radius 3 is 2.47 bits per heavy atom. The molecule has 1 aliphatic rings. The first-order valence-corrected chi connectivity index (χ1v) is 6.65. The molecule has 1 aromatic carbocycles. The lowest BCUT2D eigenvalue weighted by Gasteiger charge is -2.40. The highest BCUT2D eigenvalue weighted by atomic mass is 15.1. The maximum Gasteiger partial charge on any atom is 0.0387 e. The summed E-state index contributed by atoms with van der Waals surface area (Å²) in [6, 6.07) is 6.43. The van der Waals surface area contributed by atoms with E-state index in [1.165, 1.54) is 30.5 Å². The van der Waals surface area contributed by atoms with Gasteiger partial charge in [0, 0.05) is 24.5 Å². The van der Waals surface area contributed by atoms with E-state index >= 15 is 0 Å². The molecular weight excluding hydrogens is 208 g/mol. The van der Waals surface area contributed by atoms with Gasteiger partial charge in [0.05, 0.1) is 0 Å². The molecule has 2 rings (SSSR count). The number of piperidine rings is 1. The normalized spacial score (nSPS) is 19.4. The van der Waals surface area contributed by atoms with Crippen LogP contribution in [0.3, 0.4) is 0 Å². The standard InChI is InChI=1S/C15H24N2/c1-4-15(3)7-9-17(10-8-15)13-6-5-12(2)14(16)11-13/h5-6,11H,4,7-10,16H2,1-3H3. The van der Waals surface area contributed by atoms with Crippen LogP contribution < -0.4 is 10.6 Å². The Hall–Kier alpha value is -1.18. The van der Waals surface area contributed by atoms with Crippen LogP contribution >= 0.6 is 0 Å². The predicted molar refractivity (Wildman–Crippen MR) is 75.4 cm³/mol. The van der Waals surface area contributed by atoms with E-state index in [9.17, 15) is 0 Å². The molecule has 94 valence electrons. The molecule has 2 nitrogen and oxygen atoms in total. The van der Waals surface area contributed by atoms with E-state index in [4.69, 9.17) is 5.73 Å². The lowest BCUT2D eigenvalue weighted by Crippen LogP contribution is -2.38. The van der Waals surface area contributed by atoms with Crippen molar-refractivity contribution in [1.29, 1.82) is 0 Å². The van der Waals surface area contributed by atoms with Crippen LogP contribution in [0.1, 0.15) is 38.7 Å². The summed E-state index contributed by atoms with van der Waals surface area (Å²) >= 11 is 0. The van der Waals surface area contributed by atoms with Crippen molar-refractivity contribution in [3.63, 3.8) is 0 Å². The fourth-order valence-electron chi connectivity index (χ4n) is 2.48. The van der Waals surface area contributed by atoms with Gasteiger partial charge in [0.1, 0.15) is 0 Å². The molecule has 0 spiro atoms. The fourth-order valence-corrected chi connectivity index (χ4v) is 2.48. The van der Waals surface area contributed by atoms with Gasteiger partial charge in [0.2, 0.25) is 0 Å². The summed E-state index contributed by atoms with van der Waals surface area (Å²) < 4.78 is 0. The molecule has 0 amide bonds. The first-order chi connectivity index (χ1) is 8.04. The zero-order valence-corrected chi connectivity index (χ0v) is 11.3. The van der Waals surface area contributed by atoms with E-state index in [2.05, 4.69) is 43.9 Å². The topological polar surface area (TPSA) is 29.3 Å². The molecule has 0 bridgehead atoms. The number of hydrogen-bond donors (Lipinski definition) is 1. The molecule has 2 heteroatoms. The minimum atomic E-state index is 0.548. The lowest BCUT2D eigenvalue weighted by atomic mass is 9.78. The summed E-state index contributed by atoms with van der Waals surface area (Å²) in [4.78, 5) is 2.47. The Morgan fingerprint density at radius 1 is 1.29 bits per heavy atom. The molecule has 17 heavy (non-hydrogen) atoms. The number of nitrogens with zero attached hydrogens (tertiary/aromatic N) is 1. The minimum absolute atomic E-state index is 0.548. The second kappa shape index (κ2) is 4.59. The van der Waals surface area contributed by atoms with E-state index < -0.39 is 0 Å². The quantitative estimate of drug-likeness (QED) is 0.789. The van der Waals surface area contributed by atoms with Crippen molar-refractivity contribution in [2.45, 2.75) is 40.0 Å². The molecule has 1 saturated heterocycles. The van der Waals surface area contributed by atoms with Gasteiger partial charge >= 0.3 is 0 Å².